The molecule has 1 aliphatic rings. The minimum atomic E-state index is -4.17. The first-order valence-electron chi connectivity index (χ1n) is 5.42. The van der Waals surface area contributed by atoms with Gasteiger partial charge in [0.25, 0.3) is 0 Å². The second-order valence-electron chi connectivity index (χ2n) is 4.35. The molecular weight excluding hydrogens is 205 g/mol. The molecule has 5 heteroatoms. The standard InChI is InChI=1S/C10H19F3N2/c1-15(9-4-2-3-5-9)7-8(6-14)10(11,12)13/h8-9H,2-7,14H2,1H3. The van der Waals surface area contributed by atoms with Gasteiger partial charge >= 0.3 is 6.18 Å². The van der Waals surface area contributed by atoms with Crippen LogP contribution in [0.15, 0.2) is 0 Å². The number of hydrogen-bond donors (Lipinski definition) is 1. The van der Waals surface area contributed by atoms with E-state index in [4.69, 9.17) is 5.73 Å². The van der Waals surface area contributed by atoms with E-state index in [1.54, 1.807) is 7.05 Å². The van der Waals surface area contributed by atoms with Crippen molar-refractivity contribution >= 4 is 0 Å². The van der Waals surface area contributed by atoms with E-state index in [0.717, 1.165) is 25.7 Å². The van der Waals surface area contributed by atoms with E-state index in [0.29, 0.717) is 6.04 Å². The van der Waals surface area contributed by atoms with Crippen molar-refractivity contribution in [2.24, 2.45) is 11.7 Å². The average molecular weight is 224 g/mol. The molecule has 0 aliphatic heterocycles. The van der Waals surface area contributed by atoms with Gasteiger partial charge in [0.2, 0.25) is 0 Å². The van der Waals surface area contributed by atoms with Crippen LogP contribution in [0.5, 0.6) is 0 Å². The minimum Gasteiger partial charge on any atom is -0.330 e. The summed E-state index contributed by atoms with van der Waals surface area (Å²) in [4.78, 5) is 1.82. The molecule has 1 fully saturated rings. The van der Waals surface area contributed by atoms with E-state index in [1.807, 2.05) is 4.90 Å². The number of alkyl halides is 3. The predicted octanol–water partition coefficient (Wildman–Crippen LogP) is 2.00. The molecule has 0 saturated heterocycles. The monoisotopic (exact) mass is 224 g/mol. The zero-order chi connectivity index (χ0) is 11.5. The van der Waals surface area contributed by atoms with Crippen LogP contribution in [-0.4, -0.2) is 37.3 Å². The largest absolute Gasteiger partial charge is 0.394 e. The summed E-state index contributed by atoms with van der Waals surface area (Å²) < 4.78 is 37.4. The Labute approximate surface area is 88.6 Å². The van der Waals surface area contributed by atoms with Gasteiger partial charge in [-0.05, 0) is 19.9 Å². The summed E-state index contributed by atoms with van der Waals surface area (Å²) in [5.74, 6) is -1.39. The zero-order valence-electron chi connectivity index (χ0n) is 9.06. The van der Waals surface area contributed by atoms with Gasteiger partial charge in [0.05, 0.1) is 5.92 Å². The van der Waals surface area contributed by atoms with Gasteiger partial charge in [-0.1, -0.05) is 12.8 Å². The molecule has 0 heterocycles. The zero-order valence-corrected chi connectivity index (χ0v) is 9.06. The number of halogens is 3. The summed E-state index contributed by atoms with van der Waals surface area (Å²) in [5, 5.41) is 0. The molecule has 0 spiro atoms. The van der Waals surface area contributed by atoms with Crippen molar-refractivity contribution in [3.05, 3.63) is 0 Å². The number of rotatable bonds is 4. The molecule has 0 amide bonds. The van der Waals surface area contributed by atoms with Crippen LogP contribution in [0.25, 0.3) is 0 Å². The van der Waals surface area contributed by atoms with Gasteiger partial charge < -0.3 is 10.6 Å². The second-order valence-corrected chi connectivity index (χ2v) is 4.35. The van der Waals surface area contributed by atoms with Gasteiger partial charge in [-0.3, -0.25) is 0 Å². The van der Waals surface area contributed by atoms with E-state index in [2.05, 4.69) is 0 Å². The fourth-order valence-corrected chi connectivity index (χ4v) is 2.15. The maximum atomic E-state index is 12.5. The SMILES string of the molecule is CN(CC(CN)C(F)(F)F)C1CCCC1. The van der Waals surface area contributed by atoms with Gasteiger partial charge in [-0.2, -0.15) is 13.2 Å². The van der Waals surface area contributed by atoms with Crippen molar-refractivity contribution in [1.29, 1.82) is 0 Å². The fourth-order valence-electron chi connectivity index (χ4n) is 2.15. The first-order valence-corrected chi connectivity index (χ1v) is 5.42. The van der Waals surface area contributed by atoms with E-state index in [-0.39, 0.29) is 13.1 Å². The van der Waals surface area contributed by atoms with Crippen LogP contribution >= 0.6 is 0 Å². The Kier molecular flexibility index (Phi) is 4.40. The van der Waals surface area contributed by atoms with Crippen LogP contribution in [0.3, 0.4) is 0 Å². The van der Waals surface area contributed by atoms with Crippen LogP contribution in [-0.2, 0) is 0 Å². The topological polar surface area (TPSA) is 29.3 Å². The van der Waals surface area contributed by atoms with Gasteiger partial charge in [-0.15, -0.1) is 0 Å². The van der Waals surface area contributed by atoms with Crippen molar-refractivity contribution in [3.8, 4) is 0 Å². The maximum Gasteiger partial charge on any atom is 0.394 e. The molecule has 90 valence electrons. The Morgan fingerprint density at radius 1 is 1.33 bits per heavy atom. The summed E-state index contributed by atoms with van der Waals surface area (Å²) >= 11 is 0. The highest BCUT2D eigenvalue weighted by Crippen LogP contribution is 2.28. The Morgan fingerprint density at radius 2 is 1.87 bits per heavy atom. The minimum absolute atomic E-state index is 0.0324. The van der Waals surface area contributed by atoms with Gasteiger partial charge in [-0.25, -0.2) is 0 Å². The van der Waals surface area contributed by atoms with Crippen molar-refractivity contribution in [3.63, 3.8) is 0 Å². The molecule has 15 heavy (non-hydrogen) atoms. The number of nitrogens with two attached hydrogens (primary N) is 1. The number of nitrogens with zero attached hydrogens (tertiary/aromatic N) is 1. The van der Waals surface area contributed by atoms with Gasteiger partial charge in [0.15, 0.2) is 0 Å². The maximum absolute atomic E-state index is 12.5. The third-order valence-corrected chi connectivity index (χ3v) is 3.20. The van der Waals surface area contributed by atoms with Crippen LogP contribution in [0.1, 0.15) is 25.7 Å². The quantitative estimate of drug-likeness (QED) is 0.791. The van der Waals surface area contributed by atoms with Crippen molar-refractivity contribution in [2.75, 3.05) is 20.1 Å². The molecule has 0 aromatic heterocycles. The summed E-state index contributed by atoms with van der Waals surface area (Å²) in [7, 11) is 1.77. The van der Waals surface area contributed by atoms with E-state index in [9.17, 15) is 13.2 Å². The van der Waals surface area contributed by atoms with Crippen LogP contribution in [0.4, 0.5) is 13.2 Å². The van der Waals surface area contributed by atoms with Crippen LogP contribution in [0.2, 0.25) is 0 Å². The lowest BCUT2D eigenvalue weighted by Gasteiger charge is -2.29. The molecule has 1 rings (SSSR count). The Balaban J connectivity index is 2.43. The van der Waals surface area contributed by atoms with E-state index >= 15 is 0 Å². The average Bonchev–Trinajstić information content (AvgIpc) is 2.64. The first-order chi connectivity index (χ1) is 6.95. The highest BCUT2D eigenvalue weighted by molar-refractivity contribution is 4.79. The van der Waals surface area contributed by atoms with Gasteiger partial charge in [0.1, 0.15) is 0 Å². The third kappa shape index (κ3) is 3.65. The molecule has 1 saturated carbocycles. The highest BCUT2D eigenvalue weighted by Gasteiger charge is 2.39. The van der Waals surface area contributed by atoms with Crippen molar-refractivity contribution < 1.29 is 13.2 Å². The van der Waals surface area contributed by atoms with Gasteiger partial charge in [0, 0.05) is 19.1 Å². The van der Waals surface area contributed by atoms with Crippen molar-refractivity contribution in [2.45, 2.75) is 37.9 Å². The normalized spacial score (nSPS) is 21.2. The van der Waals surface area contributed by atoms with E-state index in [1.165, 1.54) is 0 Å². The molecule has 0 bridgehead atoms. The molecule has 1 unspecified atom stereocenters. The first kappa shape index (κ1) is 12.8. The molecule has 2 nitrogen and oxygen atoms in total. The molecule has 0 radical (unpaired) electrons. The summed E-state index contributed by atoms with van der Waals surface area (Å²) in [6.45, 7) is -0.286. The lowest BCUT2D eigenvalue weighted by molar-refractivity contribution is -0.176. The number of hydrogen-bond acceptors (Lipinski definition) is 2. The van der Waals surface area contributed by atoms with Crippen molar-refractivity contribution in [1.82, 2.24) is 4.90 Å². The van der Waals surface area contributed by atoms with Crippen LogP contribution < -0.4 is 5.73 Å². The molecule has 2 N–H and O–H groups in total. The smallest absolute Gasteiger partial charge is 0.330 e. The Hall–Kier alpha value is -0.290. The lowest BCUT2D eigenvalue weighted by atomic mass is 10.1. The molecule has 1 aliphatic carbocycles. The Bertz CT molecular complexity index is 188. The fraction of sp³-hybridized carbons (Fsp3) is 1.00. The molecule has 0 aromatic rings. The second kappa shape index (κ2) is 5.16. The third-order valence-electron chi connectivity index (χ3n) is 3.20. The van der Waals surface area contributed by atoms with E-state index < -0.39 is 12.1 Å². The highest BCUT2D eigenvalue weighted by atomic mass is 19.4. The summed E-state index contributed by atoms with van der Waals surface area (Å²) in [5.41, 5.74) is 5.16. The lowest BCUT2D eigenvalue weighted by Crippen LogP contribution is -2.42. The molecular formula is C10H19F3N2. The molecule has 0 aromatic carbocycles. The summed E-state index contributed by atoms with van der Waals surface area (Å²) in [6.07, 6.45) is 0.140. The summed E-state index contributed by atoms with van der Waals surface area (Å²) in [6, 6.07) is 0.321. The Morgan fingerprint density at radius 3 is 2.27 bits per heavy atom. The van der Waals surface area contributed by atoms with Crippen LogP contribution in [0, 0.1) is 5.92 Å². The predicted molar refractivity (Wildman–Crippen MR) is 53.5 cm³/mol. The molecule has 1 atom stereocenters.